The molecule has 1 aliphatic heterocycles. The van der Waals surface area contributed by atoms with Crippen molar-refractivity contribution in [3.05, 3.63) is 35.5 Å². The lowest BCUT2D eigenvalue weighted by Crippen LogP contribution is -2.06. The molecule has 4 heterocycles. The minimum atomic E-state index is -0.0291. The Morgan fingerprint density at radius 3 is 2.96 bits per heavy atom. The molecule has 2 N–H and O–H groups in total. The van der Waals surface area contributed by atoms with Gasteiger partial charge in [0.15, 0.2) is 11.4 Å². The predicted molar refractivity (Wildman–Crippen MR) is 97.0 cm³/mol. The van der Waals surface area contributed by atoms with Crippen LogP contribution in [0.3, 0.4) is 0 Å². The topological polar surface area (TPSA) is 93.4 Å². The number of Topliss-reactive ketones (excluding diaryl/α,β-unsaturated/α-hetero) is 1. The summed E-state index contributed by atoms with van der Waals surface area (Å²) in [6.07, 6.45) is 7.96. The Balaban J connectivity index is 1.89. The molecule has 3 aromatic rings. The van der Waals surface area contributed by atoms with Gasteiger partial charge in [0.1, 0.15) is 17.5 Å². The highest BCUT2D eigenvalue weighted by Gasteiger charge is 2.18. The van der Waals surface area contributed by atoms with Crippen molar-refractivity contribution in [2.75, 3.05) is 24.3 Å². The van der Waals surface area contributed by atoms with E-state index in [0.717, 1.165) is 0 Å². The SMILES string of the molecule is C#Cc1cc2nc(c1)OCCCC(=O)c1cnn3c(NC)cc(nc13)N2. The van der Waals surface area contributed by atoms with E-state index in [2.05, 4.69) is 31.6 Å². The Labute approximate surface area is 149 Å². The van der Waals surface area contributed by atoms with Crippen LogP contribution in [0.5, 0.6) is 5.88 Å². The summed E-state index contributed by atoms with van der Waals surface area (Å²) in [5.41, 5.74) is 1.61. The van der Waals surface area contributed by atoms with Crippen molar-refractivity contribution >= 4 is 28.9 Å². The van der Waals surface area contributed by atoms with E-state index in [4.69, 9.17) is 11.2 Å². The monoisotopic (exact) mass is 348 g/mol. The van der Waals surface area contributed by atoms with Crippen LogP contribution < -0.4 is 15.4 Å². The van der Waals surface area contributed by atoms with Crippen molar-refractivity contribution in [2.45, 2.75) is 12.8 Å². The Kier molecular flexibility index (Phi) is 3.89. The van der Waals surface area contributed by atoms with Crippen molar-refractivity contribution in [1.82, 2.24) is 19.6 Å². The van der Waals surface area contributed by atoms with Crippen LogP contribution in [-0.2, 0) is 0 Å². The zero-order valence-electron chi connectivity index (χ0n) is 14.1. The normalized spacial score (nSPS) is 13.8. The van der Waals surface area contributed by atoms with E-state index >= 15 is 0 Å². The molecule has 8 heteroatoms. The maximum absolute atomic E-state index is 12.6. The van der Waals surface area contributed by atoms with Crippen molar-refractivity contribution in [1.29, 1.82) is 0 Å². The van der Waals surface area contributed by atoms with Crippen LogP contribution in [0, 0.1) is 12.3 Å². The minimum absolute atomic E-state index is 0.0291. The molecule has 0 atom stereocenters. The summed E-state index contributed by atoms with van der Waals surface area (Å²) in [5, 5.41) is 10.5. The lowest BCUT2D eigenvalue weighted by atomic mass is 10.1. The number of terminal acetylenes is 1. The second-order valence-corrected chi connectivity index (χ2v) is 5.79. The molecule has 0 fully saturated rings. The summed E-state index contributed by atoms with van der Waals surface area (Å²) in [5.74, 6) is 4.69. The summed E-state index contributed by atoms with van der Waals surface area (Å²) in [6, 6.07) is 5.20. The molecular weight excluding hydrogens is 332 g/mol. The molecule has 4 rings (SSSR count). The van der Waals surface area contributed by atoms with Crippen LogP contribution in [0.25, 0.3) is 5.65 Å². The van der Waals surface area contributed by atoms with Gasteiger partial charge in [-0.3, -0.25) is 4.79 Å². The summed E-state index contributed by atoms with van der Waals surface area (Å²) in [4.78, 5) is 21.5. The number of nitrogens with one attached hydrogen (secondary N) is 2. The fraction of sp³-hybridized carbons (Fsp3) is 0.222. The van der Waals surface area contributed by atoms with Crippen LogP contribution in [-0.4, -0.2) is 39.0 Å². The van der Waals surface area contributed by atoms with E-state index in [1.165, 1.54) is 0 Å². The van der Waals surface area contributed by atoms with E-state index in [9.17, 15) is 4.79 Å². The van der Waals surface area contributed by atoms with E-state index in [1.54, 1.807) is 36.0 Å². The molecule has 0 spiro atoms. The average molecular weight is 348 g/mol. The predicted octanol–water partition coefficient (Wildman–Crippen LogP) is 2.25. The molecule has 0 amide bonds. The van der Waals surface area contributed by atoms with Gasteiger partial charge >= 0.3 is 0 Å². The van der Waals surface area contributed by atoms with E-state index < -0.39 is 0 Å². The largest absolute Gasteiger partial charge is 0.478 e. The third kappa shape index (κ3) is 2.80. The van der Waals surface area contributed by atoms with Gasteiger partial charge in [-0.15, -0.1) is 6.42 Å². The van der Waals surface area contributed by atoms with Crippen molar-refractivity contribution in [2.24, 2.45) is 0 Å². The minimum Gasteiger partial charge on any atom is -0.478 e. The smallest absolute Gasteiger partial charge is 0.216 e. The first kappa shape index (κ1) is 15.9. The van der Waals surface area contributed by atoms with Gasteiger partial charge in [0.05, 0.1) is 18.4 Å². The Morgan fingerprint density at radius 2 is 2.15 bits per heavy atom. The molecule has 8 nitrogen and oxygen atoms in total. The van der Waals surface area contributed by atoms with Crippen LogP contribution >= 0.6 is 0 Å². The first-order valence-electron chi connectivity index (χ1n) is 8.16. The number of ether oxygens (including phenoxy) is 1. The number of carbonyl (C=O) groups excluding carboxylic acids is 1. The van der Waals surface area contributed by atoms with E-state index in [1.807, 2.05) is 0 Å². The van der Waals surface area contributed by atoms with Gasteiger partial charge in [0.2, 0.25) is 5.88 Å². The second-order valence-electron chi connectivity index (χ2n) is 5.79. The number of rotatable bonds is 1. The Hall–Kier alpha value is -3.60. The summed E-state index contributed by atoms with van der Waals surface area (Å²) in [6.45, 7) is 0.364. The van der Waals surface area contributed by atoms with Gasteiger partial charge in [0, 0.05) is 31.2 Å². The van der Waals surface area contributed by atoms with E-state index in [0.29, 0.717) is 59.6 Å². The Bertz CT molecular complexity index is 1050. The lowest BCUT2D eigenvalue weighted by Gasteiger charge is -2.11. The zero-order valence-corrected chi connectivity index (χ0v) is 14.1. The van der Waals surface area contributed by atoms with Crippen molar-refractivity contribution in [3.8, 4) is 18.2 Å². The molecule has 0 saturated heterocycles. The van der Waals surface area contributed by atoms with Crippen LogP contribution in [0.4, 0.5) is 17.5 Å². The molecule has 26 heavy (non-hydrogen) atoms. The number of fused-ring (bicyclic) bond motifs is 3. The number of ketones is 1. The number of pyridine rings is 1. The number of aromatic nitrogens is 4. The lowest BCUT2D eigenvalue weighted by molar-refractivity contribution is 0.0974. The van der Waals surface area contributed by atoms with Gasteiger partial charge in [-0.1, -0.05) is 5.92 Å². The number of hydrogen-bond acceptors (Lipinski definition) is 7. The van der Waals surface area contributed by atoms with Crippen LogP contribution in [0.1, 0.15) is 28.8 Å². The fourth-order valence-corrected chi connectivity index (χ4v) is 2.80. The second kappa shape index (κ2) is 6.37. The molecule has 0 aliphatic carbocycles. The molecule has 1 aliphatic rings. The van der Waals surface area contributed by atoms with Gasteiger partial charge in [-0.25, -0.2) is 4.98 Å². The quantitative estimate of drug-likeness (QED) is 0.651. The summed E-state index contributed by atoms with van der Waals surface area (Å²) >= 11 is 0. The summed E-state index contributed by atoms with van der Waals surface area (Å²) in [7, 11) is 1.78. The maximum Gasteiger partial charge on any atom is 0.216 e. The molecule has 0 saturated carbocycles. The van der Waals surface area contributed by atoms with Gasteiger partial charge < -0.3 is 15.4 Å². The van der Waals surface area contributed by atoms with Crippen LogP contribution in [0.15, 0.2) is 24.4 Å². The highest BCUT2D eigenvalue weighted by Crippen LogP contribution is 2.24. The number of anilines is 3. The molecule has 0 unspecified atom stereocenters. The van der Waals surface area contributed by atoms with Gasteiger partial charge in [-0.05, 0) is 12.5 Å². The number of carbonyl (C=O) groups is 1. The number of hydrogen-bond donors (Lipinski definition) is 2. The standard InChI is InChI=1S/C18H16N6O2/c1-3-11-7-14-21-15-9-16(19-2)24-18(23-15)12(10-20-24)13(25)5-4-6-26-17(8-11)22-14/h1,7-10,19H,4-6H2,2H3,(H,21,22,23). The first-order chi connectivity index (χ1) is 12.7. The molecule has 0 aromatic carbocycles. The van der Waals surface area contributed by atoms with Gasteiger partial charge in [-0.2, -0.15) is 14.6 Å². The zero-order chi connectivity index (χ0) is 18.1. The highest BCUT2D eigenvalue weighted by molar-refractivity contribution is 6.01. The van der Waals surface area contributed by atoms with Crippen LogP contribution in [0.2, 0.25) is 0 Å². The summed E-state index contributed by atoms with van der Waals surface area (Å²) < 4.78 is 7.26. The Morgan fingerprint density at radius 1 is 1.31 bits per heavy atom. The number of nitrogens with zero attached hydrogens (tertiary/aromatic N) is 4. The molecule has 3 aromatic heterocycles. The van der Waals surface area contributed by atoms with Crippen molar-refractivity contribution < 1.29 is 9.53 Å². The molecule has 130 valence electrons. The van der Waals surface area contributed by atoms with E-state index in [-0.39, 0.29) is 5.78 Å². The highest BCUT2D eigenvalue weighted by atomic mass is 16.5. The fourth-order valence-electron chi connectivity index (χ4n) is 2.80. The third-order valence-corrected chi connectivity index (χ3v) is 4.05. The average Bonchev–Trinajstić information content (AvgIpc) is 3.07. The van der Waals surface area contributed by atoms with Crippen molar-refractivity contribution in [3.63, 3.8) is 0 Å². The first-order valence-corrected chi connectivity index (χ1v) is 8.16. The van der Waals surface area contributed by atoms with Gasteiger partial charge in [0.25, 0.3) is 0 Å². The molecule has 0 radical (unpaired) electrons. The molecule has 4 bridgehead atoms. The third-order valence-electron chi connectivity index (χ3n) is 4.05. The maximum atomic E-state index is 12.6. The molecular formula is C18H16N6O2.